The van der Waals surface area contributed by atoms with Crippen LogP contribution in [0.15, 0.2) is 30.3 Å². The zero-order valence-electron chi connectivity index (χ0n) is 9.77. The van der Waals surface area contributed by atoms with Crippen LogP contribution in [-0.2, 0) is 0 Å². The quantitative estimate of drug-likeness (QED) is 0.703. The van der Waals surface area contributed by atoms with Gasteiger partial charge in [0.05, 0.1) is 11.0 Å². The Hall–Kier alpha value is -1.62. The molecular weight excluding hydrogens is 234 g/mol. The molecule has 1 unspecified atom stereocenters. The predicted molar refractivity (Wildman–Crippen MR) is 74.1 cm³/mol. The molecule has 2 amide bonds. The number of carbonyl (C=O) groups excluding carboxylic acids is 1. The summed E-state index contributed by atoms with van der Waals surface area (Å²) < 4.78 is 0. The molecule has 0 aromatic heterocycles. The highest BCUT2D eigenvalue weighted by atomic mass is 32.1. The molecule has 1 atom stereocenters. The molecule has 17 heavy (non-hydrogen) atoms. The van der Waals surface area contributed by atoms with Gasteiger partial charge >= 0.3 is 6.03 Å². The monoisotopic (exact) mass is 251 g/mol. The first-order valence-electron chi connectivity index (χ1n) is 5.55. The molecule has 0 radical (unpaired) electrons. The van der Waals surface area contributed by atoms with Crippen LogP contribution >= 0.6 is 12.2 Å². The molecule has 5 heteroatoms. The highest BCUT2D eigenvalue weighted by Crippen LogP contribution is 2.05. The van der Waals surface area contributed by atoms with Crippen LogP contribution in [0, 0.1) is 0 Å². The highest BCUT2D eigenvalue weighted by Gasteiger charge is 2.13. The lowest BCUT2D eigenvalue weighted by molar-refractivity contribution is 0.250. The lowest BCUT2D eigenvalue weighted by atomic mass is 10.2. The van der Waals surface area contributed by atoms with E-state index in [0.29, 0.717) is 4.99 Å². The molecular formula is C12H17N3OS. The van der Waals surface area contributed by atoms with Gasteiger partial charge in [0.1, 0.15) is 0 Å². The number of rotatable bonds is 5. The lowest BCUT2D eigenvalue weighted by Gasteiger charge is -2.17. The fourth-order valence-electron chi connectivity index (χ4n) is 1.42. The molecule has 0 saturated carbocycles. The molecule has 0 saturated heterocycles. The number of anilines is 1. The highest BCUT2D eigenvalue weighted by molar-refractivity contribution is 7.80. The standard InChI is InChI=1S/C12H17N3OS/c1-2-6-10(11(13)17)15-12(16)14-9-7-4-3-5-8-9/h3-5,7-8,10H,2,6H2,1H3,(H2,13,17)(H2,14,15,16). The summed E-state index contributed by atoms with van der Waals surface area (Å²) in [6.07, 6.45) is 1.66. The van der Waals surface area contributed by atoms with Crippen LogP contribution in [0.4, 0.5) is 10.5 Å². The van der Waals surface area contributed by atoms with Crippen LogP contribution in [0.1, 0.15) is 19.8 Å². The first-order valence-corrected chi connectivity index (χ1v) is 5.96. The van der Waals surface area contributed by atoms with Crippen molar-refractivity contribution in [2.24, 2.45) is 5.73 Å². The Kier molecular flexibility index (Phi) is 5.42. The van der Waals surface area contributed by atoms with E-state index < -0.39 is 0 Å². The predicted octanol–water partition coefficient (Wildman–Crippen LogP) is 2.26. The number of nitrogens with one attached hydrogen (secondary N) is 2. The van der Waals surface area contributed by atoms with Crippen molar-refractivity contribution in [3.63, 3.8) is 0 Å². The zero-order chi connectivity index (χ0) is 12.7. The Morgan fingerprint density at radius 2 is 2.06 bits per heavy atom. The van der Waals surface area contributed by atoms with Gasteiger partial charge in [-0.1, -0.05) is 43.8 Å². The third-order valence-corrected chi connectivity index (χ3v) is 2.54. The average Bonchev–Trinajstić information content (AvgIpc) is 2.29. The Labute approximate surface area is 107 Å². The van der Waals surface area contributed by atoms with Gasteiger partial charge in [-0.15, -0.1) is 0 Å². The SMILES string of the molecule is CCCC(NC(=O)Nc1ccccc1)C(N)=S. The molecule has 0 aliphatic carbocycles. The van der Waals surface area contributed by atoms with Crippen LogP contribution in [-0.4, -0.2) is 17.1 Å². The minimum atomic E-state index is -0.289. The van der Waals surface area contributed by atoms with Gasteiger partial charge in [0, 0.05) is 5.69 Å². The van der Waals surface area contributed by atoms with E-state index in [4.69, 9.17) is 18.0 Å². The van der Waals surface area contributed by atoms with Crippen molar-refractivity contribution >= 4 is 28.9 Å². The van der Waals surface area contributed by atoms with Gasteiger partial charge in [0.15, 0.2) is 0 Å². The van der Waals surface area contributed by atoms with Gasteiger partial charge in [-0.2, -0.15) is 0 Å². The van der Waals surface area contributed by atoms with Crippen molar-refractivity contribution < 1.29 is 4.79 Å². The largest absolute Gasteiger partial charge is 0.392 e. The fraction of sp³-hybridized carbons (Fsp3) is 0.333. The Bertz CT molecular complexity index is 381. The minimum absolute atomic E-state index is 0.251. The summed E-state index contributed by atoms with van der Waals surface area (Å²) in [6, 6.07) is 8.68. The van der Waals surface area contributed by atoms with E-state index in [1.54, 1.807) is 0 Å². The van der Waals surface area contributed by atoms with Crippen molar-refractivity contribution in [2.45, 2.75) is 25.8 Å². The molecule has 0 bridgehead atoms. The van der Waals surface area contributed by atoms with Crippen LogP contribution in [0.5, 0.6) is 0 Å². The summed E-state index contributed by atoms with van der Waals surface area (Å²) >= 11 is 4.90. The molecule has 0 fully saturated rings. The summed E-state index contributed by atoms with van der Waals surface area (Å²) in [5, 5.41) is 5.47. The number of hydrogen-bond donors (Lipinski definition) is 3. The van der Waals surface area contributed by atoms with E-state index in [0.717, 1.165) is 18.5 Å². The smallest absolute Gasteiger partial charge is 0.319 e. The van der Waals surface area contributed by atoms with E-state index >= 15 is 0 Å². The van der Waals surface area contributed by atoms with Gasteiger partial charge in [0.25, 0.3) is 0 Å². The summed E-state index contributed by atoms with van der Waals surface area (Å²) in [7, 11) is 0. The minimum Gasteiger partial charge on any atom is -0.392 e. The second-order valence-electron chi connectivity index (χ2n) is 3.71. The molecule has 0 aliphatic rings. The Morgan fingerprint density at radius 3 is 2.59 bits per heavy atom. The number of amides is 2. The lowest BCUT2D eigenvalue weighted by Crippen LogP contribution is -2.45. The van der Waals surface area contributed by atoms with Gasteiger partial charge in [-0.25, -0.2) is 4.79 Å². The van der Waals surface area contributed by atoms with Crippen molar-refractivity contribution in [3.05, 3.63) is 30.3 Å². The van der Waals surface area contributed by atoms with Crippen molar-refractivity contribution in [1.82, 2.24) is 5.32 Å². The summed E-state index contributed by atoms with van der Waals surface area (Å²) in [6.45, 7) is 2.02. The normalized spacial score (nSPS) is 11.6. The van der Waals surface area contributed by atoms with Crippen LogP contribution < -0.4 is 16.4 Å². The first kappa shape index (κ1) is 13.4. The molecule has 4 N–H and O–H groups in total. The molecule has 1 aromatic rings. The second kappa shape index (κ2) is 6.85. The number of para-hydroxylation sites is 1. The van der Waals surface area contributed by atoms with Crippen molar-refractivity contribution in [2.75, 3.05) is 5.32 Å². The zero-order valence-corrected chi connectivity index (χ0v) is 10.6. The van der Waals surface area contributed by atoms with E-state index in [1.807, 2.05) is 37.3 Å². The maximum absolute atomic E-state index is 11.7. The molecule has 0 aliphatic heterocycles. The van der Waals surface area contributed by atoms with Crippen LogP contribution in [0.3, 0.4) is 0 Å². The second-order valence-corrected chi connectivity index (χ2v) is 4.18. The number of benzene rings is 1. The molecule has 0 heterocycles. The fourth-order valence-corrected chi connectivity index (χ4v) is 1.60. The number of nitrogens with two attached hydrogens (primary N) is 1. The first-order chi connectivity index (χ1) is 8.13. The van der Waals surface area contributed by atoms with Gasteiger partial charge in [-0.3, -0.25) is 0 Å². The summed E-state index contributed by atoms with van der Waals surface area (Å²) in [5.74, 6) is 0. The number of carbonyl (C=O) groups is 1. The number of hydrogen-bond acceptors (Lipinski definition) is 2. The number of thiocarbonyl (C=S) groups is 1. The molecule has 4 nitrogen and oxygen atoms in total. The van der Waals surface area contributed by atoms with E-state index in [2.05, 4.69) is 10.6 Å². The van der Waals surface area contributed by atoms with Gasteiger partial charge in [0.2, 0.25) is 0 Å². The third kappa shape index (κ3) is 4.82. The molecule has 0 spiro atoms. The van der Waals surface area contributed by atoms with Gasteiger partial charge < -0.3 is 16.4 Å². The summed E-state index contributed by atoms with van der Waals surface area (Å²) in [4.78, 5) is 12.0. The van der Waals surface area contributed by atoms with E-state index in [9.17, 15) is 4.79 Å². The van der Waals surface area contributed by atoms with E-state index in [1.165, 1.54) is 0 Å². The van der Waals surface area contributed by atoms with Crippen molar-refractivity contribution in [3.8, 4) is 0 Å². The van der Waals surface area contributed by atoms with E-state index in [-0.39, 0.29) is 12.1 Å². The Balaban J connectivity index is 2.51. The third-order valence-electron chi connectivity index (χ3n) is 2.26. The number of urea groups is 1. The van der Waals surface area contributed by atoms with Crippen molar-refractivity contribution in [1.29, 1.82) is 0 Å². The van der Waals surface area contributed by atoms with Gasteiger partial charge in [-0.05, 0) is 18.6 Å². The maximum Gasteiger partial charge on any atom is 0.319 e. The molecule has 1 aromatic carbocycles. The maximum atomic E-state index is 11.7. The molecule has 1 rings (SSSR count). The summed E-state index contributed by atoms with van der Waals surface area (Å²) in [5.41, 5.74) is 6.29. The average molecular weight is 251 g/mol. The van der Waals surface area contributed by atoms with Crippen LogP contribution in [0.2, 0.25) is 0 Å². The molecule has 92 valence electrons. The van der Waals surface area contributed by atoms with Crippen LogP contribution in [0.25, 0.3) is 0 Å². The topological polar surface area (TPSA) is 67.2 Å². The Morgan fingerprint density at radius 1 is 1.41 bits per heavy atom.